The van der Waals surface area contributed by atoms with E-state index in [1.807, 2.05) is 0 Å². The number of ether oxygens (including phenoxy) is 1. The summed E-state index contributed by atoms with van der Waals surface area (Å²) in [5.74, 6) is -1.62. The van der Waals surface area contributed by atoms with Gasteiger partial charge < -0.3 is 15.4 Å². The van der Waals surface area contributed by atoms with Crippen LogP contribution in [0.3, 0.4) is 0 Å². The summed E-state index contributed by atoms with van der Waals surface area (Å²) in [4.78, 5) is 23.6. The highest BCUT2D eigenvalue weighted by Gasteiger charge is 2.44. The molecule has 26 heavy (non-hydrogen) atoms. The maximum Gasteiger partial charge on any atom is 0.421 e. The van der Waals surface area contributed by atoms with Gasteiger partial charge >= 0.3 is 12.1 Å². The molecule has 0 bridgehead atoms. The van der Waals surface area contributed by atoms with Crippen molar-refractivity contribution in [1.29, 1.82) is 0 Å². The van der Waals surface area contributed by atoms with Gasteiger partial charge in [0.15, 0.2) is 5.15 Å². The van der Waals surface area contributed by atoms with Crippen LogP contribution in [0.2, 0.25) is 5.15 Å². The first-order valence-corrected chi connectivity index (χ1v) is 8.32. The number of hydrogen-bond acceptors (Lipinski definition) is 8. The first kappa shape index (κ1) is 15.0. The first-order chi connectivity index (χ1) is 13.4. The number of nitrogens with one attached hydrogen (secondary N) is 2. The predicted molar refractivity (Wildman–Crippen MR) is 89.9 cm³/mol. The summed E-state index contributed by atoms with van der Waals surface area (Å²) in [6, 6.07) is 0. The fraction of sp³-hybridized carbons (Fsp3) is 0.429. The van der Waals surface area contributed by atoms with Crippen molar-refractivity contribution in [3.05, 3.63) is 21.9 Å². The van der Waals surface area contributed by atoms with E-state index in [0.29, 0.717) is 6.20 Å². The van der Waals surface area contributed by atoms with Gasteiger partial charge in [0.1, 0.15) is 26.8 Å². The van der Waals surface area contributed by atoms with Gasteiger partial charge in [0.25, 0.3) is 0 Å². The fourth-order valence-corrected chi connectivity index (χ4v) is 3.48. The minimum absolute atomic E-state index is 0.0757. The smallest absolute Gasteiger partial charge is 0.421 e. The van der Waals surface area contributed by atoms with E-state index in [4.69, 9.17) is 20.5 Å². The normalized spacial score (nSPS) is 22.3. The van der Waals surface area contributed by atoms with Crippen molar-refractivity contribution in [1.82, 2.24) is 15.0 Å². The molecular weight excluding hydrogens is 395 g/mol. The van der Waals surface area contributed by atoms with Crippen LogP contribution < -0.4 is 10.6 Å². The number of halogens is 4. The van der Waals surface area contributed by atoms with Gasteiger partial charge in [-0.1, -0.05) is 22.9 Å². The Balaban J connectivity index is 1.97. The second-order valence-corrected chi connectivity index (χ2v) is 6.62. The van der Waals surface area contributed by atoms with Crippen LogP contribution in [0.1, 0.15) is 28.0 Å². The van der Waals surface area contributed by atoms with Crippen molar-refractivity contribution in [2.24, 2.45) is 0 Å². The molecule has 1 saturated heterocycles. The number of carbonyl (C=O) groups excluding carboxylic acids is 1. The Morgan fingerprint density at radius 3 is 2.81 bits per heavy atom. The third kappa shape index (κ3) is 3.28. The maximum absolute atomic E-state index is 13.0. The molecule has 0 unspecified atom stereocenters. The average Bonchev–Trinajstić information content (AvgIpc) is 3.17. The van der Waals surface area contributed by atoms with Crippen molar-refractivity contribution in [2.45, 2.75) is 24.9 Å². The fourth-order valence-electron chi connectivity index (χ4n) is 2.22. The number of cyclic esters (lactones) is 1. The molecule has 2 aromatic rings. The Hall–Kier alpha value is -2.14. The molecule has 7 nitrogen and oxygen atoms in total. The lowest BCUT2D eigenvalue weighted by atomic mass is 9.90. The van der Waals surface area contributed by atoms with Gasteiger partial charge in [0, 0.05) is 23.8 Å². The number of thiazole rings is 1. The van der Waals surface area contributed by atoms with Crippen molar-refractivity contribution in [2.75, 3.05) is 24.3 Å². The molecule has 1 aliphatic heterocycles. The number of aromatic nitrogens is 3. The Morgan fingerprint density at radius 1 is 1.46 bits per heavy atom. The van der Waals surface area contributed by atoms with Crippen LogP contribution in [0.15, 0.2) is 6.20 Å². The van der Waals surface area contributed by atoms with Gasteiger partial charge in [0.05, 0.1) is 6.61 Å². The van der Waals surface area contributed by atoms with E-state index in [2.05, 4.69) is 25.6 Å². The summed E-state index contributed by atoms with van der Waals surface area (Å²) in [5.41, 5.74) is -3.02. The Kier molecular flexibility index (Phi) is 3.77. The van der Waals surface area contributed by atoms with E-state index in [0.717, 1.165) is 11.3 Å². The monoisotopic (exact) mass is 410 g/mol. The number of nitrogens with zero attached hydrogens (tertiary/aromatic N) is 3. The largest absolute Gasteiger partial charge is 0.465 e. The topological polar surface area (TPSA) is 89.0 Å². The third-order valence-electron chi connectivity index (χ3n) is 3.57. The quantitative estimate of drug-likeness (QED) is 0.744. The zero-order valence-corrected chi connectivity index (χ0v) is 14.6. The van der Waals surface area contributed by atoms with Gasteiger partial charge in [0.2, 0.25) is 5.95 Å². The molecular formula is C14H13ClF3N5O2S. The van der Waals surface area contributed by atoms with Gasteiger partial charge in [-0.2, -0.15) is 18.2 Å². The highest BCUT2D eigenvalue weighted by molar-refractivity contribution is 7.16. The van der Waals surface area contributed by atoms with E-state index >= 15 is 0 Å². The summed E-state index contributed by atoms with van der Waals surface area (Å²) in [5, 5.41) is 4.75. The zero-order valence-electron chi connectivity index (χ0n) is 16.1. The summed E-state index contributed by atoms with van der Waals surface area (Å²) in [7, 11) is 1.27. The Labute approximate surface area is 159 Å². The molecule has 0 aromatic carbocycles. The first-order valence-electron chi connectivity index (χ1n) is 8.63. The molecule has 3 rings (SSSR count). The second kappa shape index (κ2) is 6.54. The summed E-state index contributed by atoms with van der Waals surface area (Å²) < 4.78 is 67.1. The average molecular weight is 411 g/mol. The number of esters is 1. The summed E-state index contributed by atoms with van der Waals surface area (Å²) in [6.07, 6.45) is -4.16. The third-order valence-corrected chi connectivity index (χ3v) is 5.08. The minimum Gasteiger partial charge on any atom is -0.465 e. The second-order valence-electron chi connectivity index (χ2n) is 5.26. The van der Waals surface area contributed by atoms with E-state index in [9.17, 15) is 18.0 Å². The van der Waals surface area contributed by atoms with Crippen LogP contribution in [-0.2, 0) is 21.1 Å². The van der Waals surface area contributed by atoms with Gasteiger partial charge in [-0.15, -0.1) is 0 Å². The molecule has 1 atom stereocenters. The number of alkyl halides is 3. The van der Waals surface area contributed by atoms with Crippen LogP contribution in [0, 0.1) is 0 Å². The molecule has 12 heteroatoms. The molecule has 2 N–H and O–H groups in total. The molecule has 140 valence electrons. The standard InChI is InChI=1S/C14H13ClF3N5O2S/c1-13(3-4-25-11(13)24)10-21-7(15)9(26-10)23-12-20-5-6(14(16,17)18)8(19-2)22-12/h5H,3-4H2,1-2H3,(H2,19,20,22,23)/t13-/m0/s1/i1D3. The molecule has 0 aliphatic carbocycles. The molecule has 0 saturated carbocycles. The number of carbonyl (C=O) groups is 1. The summed E-state index contributed by atoms with van der Waals surface area (Å²) >= 11 is 6.83. The molecule has 0 amide bonds. The molecule has 0 spiro atoms. The van der Waals surface area contributed by atoms with Crippen LogP contribution in [0.25, 0.3) is 0 Å². The molecule has 1 aliphatic rings. The highest BCUT2D eigenvalue weighted by atomic mass is 35.5. The van der Waals surface area contributed by atoms with E-state index in [1.165, 1.54) is 7.05 Å². The Bertz CT molecular complexity index is 956. The highest BCUT2D eigenvalue weighted by Crippen LogP contribution is 2.42. The molecule has 3 heterocycles. The van der Waals surface area contributed by atoms with Gasteiger partial charge in [-0.3, -0.25) is 4.79 Å². The lowest BCUT2D eigenvalue weighted by Crippen LogP contribution is -2.27. The van der Waals surface area contributed by atoms with Crippen molar-refractivity contribution >= 4 is 45.7 Å². The predicted octanol–water partition coefficient (Wildman–Crippen LogP) is 3.60. The minimum atomic E-state index is -4.65. The van der Waals surface area contributed by atoms with Gasteiger partial charge in [-0.25, -0.2) is 9.97 Å². The number of hydrogen-bond donors (Lipinski definition) is 2. The lowest BCUT2D eigenvalue weighted by molar-refractivity contribution is -0.142. The maximum atomic E-state index is 13.0. The number of rotatable bonds is 4. The van der Waals surface area contributed by atoms with E-state index in [1.54, 1.807) is 0 Å². The van der Waals surface area contributed by atoms with Crippen molar-refractivity contribution < 1.29 is 26.8 Å². The molecule has 0 radical (unpaired) electrons. The SMILES string of the molecule is [2H]C([2H])([2H])[C@@]1(c2nc(Cl)c(Nc3ncc(C(F)(F)F)c(NC)n3)s2)CCOC1=O. The number of anilines is 3. The zero-order chi connectivity index (χ0) is 21.6. The van der Waals surface area contributed by atoms with Crippen molar-refractivity contribution in [3.63, 3.8) is 0 Å². The van der Waals surface area contributed by atoms with Crippen LogP contribution in [-0.4, -0.2) is 34.6 Å². The van der Waals surface area contributed by atoms with Crippen molar-refractivity contribution in [3.8, 4) is 0 Å². The van der Waals surface area contributed by atoms with Crippen LogP contribution >= 0.6 is 22.9 Å². The van der Waals surface area contributed by atoms with E-state index in [-0.39, 0.29) is 34.1 Å². The molecule has 1 fully saturated rings. The van der Waals surface area contributed by atoms with E-state index < -0.39 is 35.8 Å². The van der Waals surface area contributed by atoms with Crippen LogP contribution in [0.4, 0.5) is 29.9 Å². The van der Waals surface area contributed by atoms with Gasteiger partial charge in [-0.05, 0) is 6.85 Å². The lowest BCUT2D eigenvalue weighted by Gasteiger charge is -2.14. The van der Waals surface area contributed by atoms with Crippen LogP contribution in [0.5, 0.6) is 0 Å². The Morgan fingerprint density at radius 2 is 2.23 bits per heavy atom. The summed E-state index contributed by atoms with van der Waals surface area (Å²) in [6.45, 7) is -2.81. The molecule has 2 aromatic heterocycles.